The highest BCUT2D eigenvalue weighted by molar-refractivity contribution is 5.61. The van der Waals surface area contributed by atoms with Crippen LogP contribution in [-0.4, -0.2) is 0 Å². The maximum atomic E-state index is 3.68. The zero-order valence-corrected chi connectivity index (χ0v) is 22.8. The second-order valence-electron chi connectivity index (χ2n) is 10.3. The summed E-state index contributed by atoms with van der Waals surface area (Å²) in [6, 6.07) is 16.3. The summed E-state index contributed by atoms with van der Waals surface area (Å²) in [6.45, 7) is 6.88. The fraction of sp³-hybridized carbons (Fsp3) is 0.636. The molecule has 0 aliphatic heterocycles. The average molecular weight is 464 g/mol. The second kappa shape index (κ2) is 18.6. The molecule has 2 rings (SSSR count). The molecule has 0 aromatic heterocycles. The highest BCUT2D eigenvalue weighted by Gasteiger charge is 2.06. The van der Waals surface area contributed by atoms with E-state index in [1.807, 2.05) is 0 Å². The van der Waals surface area contributed by atoms with Crippen LogP contribution in [0.15, 0.2) is 42.5 Å². The van der Waals surface area contributed by atoms with E-state index in [4.69, 9.17) is 0 Å². The molecule has 0 radical (unpaired) electrons. The van der Waals surface area contributed by atoms with Crippen LogP contribution in [0.2, 0.25) is 0 Å². The first-order chi connectivity index (χ1) is 16.8. The minimum atomic E-state index is 1.20. The Kier molecular flexibility index (Phi) is 15.5. The maximum Gasteiger partial charge on any atom is 0.0387 e. The zero-order chi connectivity index (χ0) is 24.3. The van der Waals surface area contributed by atoms with Gasteiger partial charge in [0.15, 0.2) is 0 Å². The van der Waals surface area contributed by atoms with E-state index in [0.29, 0.717) is 0 Å². The van der Waals surface area contributed by atoms with Crippen molar-refractivity contribution in [3.63, 3.8) is 0 Å². The summed E-state index contributed by atoms with van der Waals surface area (Å²) in [6.07, 6.45) is 24.0. The molecule has 1 N–H and O–H groups in total. The van der Waals surface area contributed by atoms with Crippen LogP contribution in [-0.2, 0) is 19.3 Å². The van der Waals surface area contributed by atoms with E-state index in [1.54, 1.807) is 11.1 Å². The zero-order valence-electron chi connectivity index (χ0n) is 22.8. The van der Waals surface area contributed by atoms with Crippen LogP contribution in [0.4, 0.5) is 11.4 Å². The van der Waals surface area contributed by atoms with Gasteiger partial charge in [-0.1, -0.05) is 116 Å². The van der Waals surface area contributed by atoms with Gasteiger partial charge in [0, 0.05) is 11.4 Å². The van der Waals surface area contributed by atoms with E-state index in [0.717, 1.165) is 0 Å². The van der Waals surface area contributed by atoms with Gasteiger partial charge in [-0.15, -0.1) is 0 Å². The van der Waals surface area contributed by atoms with Gasteiger partial charge in [-0.05, 0) is 79.5 Å². The number of rotatable bonds is 20. The van der Waals surface area contributed by atoms with Crippen molar-refractivity contribution in [3.8, 4) is 0 Å². The molecule has 0 spiro atoms. The van der Waals surface area contributed by atoms with Gasteiger partial charge >= 0.3 is 0 Å². The maximum absolute atomic E-state index is 3.68. The minimum absolute atomic E-state index is 1.20. The molecule has 0 aliphatic rings. The Hall–Kier alpha value is -1.76. The van der Waals surface area contributed by atoms with Crippen LogP contribution < -0.4 is 5.32 Å². The summed E-state index contributed by atoms with van der Waals surface area (Å²) in [7, 11) is 0. The van der Waals surface area contributed by atoms with E-state index >= 15 is 0 Å². The lowest BCUT2D eigenvalue weighted by Gasteiger charge is -2.14. The fourth-order valence-corrected chi connectivity index (χ4v) is 4.87. The molecular formula is C33H53N. The molecule has 0 aliphatic carbocycles. The van der Waals surface area contributed by atoms with Gasteiger partial charge in [0.05, 0.1) is 0 Å². The Bertz CT molecular complexity index is 746. The van der Waals surface area contributed by atoms with Gasteiger partial charge in [-0.25, -0.2) is 0 Å². The highest BCUT2D eigenvalue weighted by atomic mass is 14.9. The Morgan fingerprint density at radius 1 is 0.441 bits per heavy atom. The van der Waals surface area contributed by atoms with E-state index in [9.17, 15) is 0 Å². The van der Waals surface area contributed by atoms with Crippen molar-refractivity contribution >= 4 is 11.4 Å². The first kappa shape index (κ1) is 28.5. The molecule has 2 aromatic rings. The van der Waals surface area contributed by atoms with Gasteiger partial charge in [-0.3, -0.25) is 0 Å². The normalized spacial score (nSPS) is 11.1. The van der Waals surface area contributed by atoms with Gasteiger partial charge in [0.1, 0.15) is 0 Å². The molecule has 34 heavy (non-hydrogen) atoms. The Morgan fingerprint density at radius 2 is 0.912 bits per heavy atom. The van der Waals surface area contributed by atoms with Gasteiger partial charge in [0.2, 0.25) is 0 Å². The van der Waals surface area contributed by atoms with Crippen molar-refractivity contribution in [3.05, 3.63) is 59.2 Å². The number of benzene rings is 2. The lowest BCUT2D eigenvalue weighted by Crippen LogP contribution is -1.99. The van der Waals surface area contributed by atoms with Crippen LogP contribution in [0, 0.1) is 0 Å². The first-order valence-corrected chi connectivity index (χ1v) is 14.7. The lowest BCUT2D eigenvalue weighted by molar-refractivity contribution is 0.621. The molecule has 0 saturated heterocycles. The largest absolute Gasteiger partial charge is 0.356 e. The minimum Gasteiger partial charge on any atom is -0.356 e. The summed E-state index contributed by atoms with van der Waals surface area (Å²) >= 11 is 0. The third-order valence-corrected chi connectivity index (χ3v) is 7.12. The molecule has 0 amide bonds. The lowest BCUT2D eigenvalue weighted by atomic mass is 9.95. The predicted octanol–water partition coefficient (Wildman–Crippen LogP) is 11.0. The standard InChI is InChI=1S/C33H53N/c1-4-7-10-13-16-19-29-22-25-32(26-23-29)34-33-27-24-30(20-17-14-11-8-5-2)31(28-33)21-18-15-12-9-6-3/h22-28,34H,4-21H2,1-3H3. The number of aryl methyl sites for hydroxylation is 3. The van der Waals surface area contributed by atoms with Crippen molar-refractivity contribution in [2.24, 2.45) is 0 Å². The summed E-state index contributed by atoms with van der Waals surface area (Å²) < 4.78 is 0. The molecule has 1 nitrogen and oxygen atoms in total. The predicted molar refractivity (Wildman–Crippen MR) is 154 cm³/mol. The smallest absolute Gasteiger partial charge is 0.0387 e. The molecule has 0 bridgehead atoms. The number of nitrogens with one attached hydrogen (secondary N) is 1. The Balaban J connectivity index is 1.92. The van der Waals surface area contributed by atoms with Crippen LogP contribution in [0.5, 0.6) is 0 Å². The Labute approximate surface area is 212 Å². The molecule has 0 fully saturated rings. The molecule has 190 valence electrons. The van der Waals surface area contributed by atoms with E-state index < -0.39 is 0 Å². The summed E-state index contributed by atoms with van der Waals surface area (Å²) in [5.74, 6) is 0. The summed E-state index contributed by atoms with van der Waals surface area (Å²) in [5, 5.41) is 3.68. The van der Waals surface area contributed by atoms with Crippen LogP contribution in [0.3, 0.4) is 0 Å². The molecule has 0 heterocycles. The molecular weight excluding hydrogens is 410 g/mol. The van der Waals surface area contributed by atoms with Crippen molar-refractivity contribution in [2.75, 3.05) is 5.32 Å². The van der Waals surface area contributed by atoms with Crippen molar-refractivity contribution < 1.29 is 0 Å². The van der Waals surface area contributed by atoms with Crippen LogP contribution in [0.25, 0.3) is 0 Å². The van der Waals surface area contributed by atoms with Crippen molar-refractivity contribution in [1.29, 1.82) is 0 Å². The average Bonchev–Trinajstić information content (AvgIpc) is 2.85. The SMILES string of the molecule is CCCCCCCc1ccc(Nc2ccc(CCCCCCC)c(CCCCCCC)c2)cc1. The van der Waals surface area contributed by atoms with Crippen LogP contribution in [0.1, 0.15) is 134 Å². The number of anilines is 2. The van der Waals surface area contributed by atoms with Gasteiger partial charge < -0.3 is 5.32 Å². The van der Waals surface area contributed by atoms with Crippen LogP contribution >= 0.6 is 0 Å². The third kappa shape index (κ3) is 12.1. The van der Waals surface area contributed by atoms with Gasteiger partial charge in [0.25, 0.3) is 0 Å². The van der Waals surface area contributed by atoms with E-state index in [2.05, 4.69) is 68.6 Å². The summed E-state index contributed by atoms with van der Waals surface area (Å²) in [4.78, 5) is 0. The monoisotopic (exact) mass is 463 g/mol. The summed E-state index contributed by atoms with van der Waals surface area (Å²) in [5.41, 5.74) is 7.06. The molecule has 0 unspecified atom stereocenters. The van der Waals surface area contributed by atoms with Crippen molar-refractivity contribution in [2.45, 2.75) is 136 Å². The topological polar surface area (TPSA) is 12.0 Å². The highest BCUT2D eigenvalue weighted by Crippen LogP contribution is 2.24. The van der Waals surface area contributed by atoms with Crippen molar-refractivity contribution in [1.82, 2.24) is 0 Å². The molecule has 2 aromatic carbocycles. The number of hydrogen-bond acceptors (Lipinski definition) is 1. The van der Waals surface area contributed by atoms with E-state index in [-0.39, 0.29) is 0 Å². The molecule has 0 saturated carbocycles. The Morgan fingerprint density at radius 3 is 1.47 bits per heavy atom. The fourth-order valence-electron chi connectivity index (χ4n) is 4.87. The second-order valence-corrected chi connectivity index (χ2v) is 10.3. The molecule has 0 atom stereocenters. The third-order valence-electron chi connectivity index (χ3n) is 7.12. The quantitative estimate of drug-likeness (QED) is 0.192. The number of unbranched alkanes of at least 4 members (excludes halogenated alkanes) is 12. The van der Waals surface area contributed by atoms with Gasteiger partial charge in [-0.2, -0.15) is 0 Å². The number of hydrogen-bond donors (Lipinski definition) is 1. The van der Waals surface area contributed by atoms with E-state index in [1.165, 1.54) is 133 Å². The molecule has 1 heteroatoms. The first-order valence-electron chi connectivity index (χ1n) is 14.7.